The molecule has 0 heterocycles. The second kappa shape index (κ2) is 9.82. The lowest BCUT2D eigenvalue weighted by Crippen LogP contribution is -2.26. The maximum atomic E-state index is 9.95. The molecular formula is C31H26BNO. The first-order chi connectivity index (χ1) is 16.7. The minimum atomic E-state index is -0.488. The lowest BCUT2D eigenvalue weighted by molar-refractivity contribution is 0.594. The van der Waals surface area contributed by atoms with Crippen LogP contribution >= 0.6 is 0 Å². The molecule has 0 aliphatic heterocycles. The molecule has 0 unspecified atom stereocenters. The van der Waals surface area contributed by atoms with Gasteiger partial charge in [-0.2, -0.15) is 0 Å². The summed E-state index contributed by atoms with van der Waals surface area (Å²) in [5.41, 5.74) is 8.89. The van der Waals surface area contributed by atoms with E-state index < -0.39 is 6.92 Å². The fraction of sp³-hybridized carbons (Fsp3) is 0.0323. The molecule has 0 fully saturated rings. The molecule has 0 amide bonds. The fourth-order valence-electron chi connectivity index (χ4n) is 4.22. The van der Waals surface area contributed by atoms with E-state index in [1.807, 2.05) is 24.3 Å². The van der Waals surface area contributed by atoms with Crippen LogP contribution < -0.4 is 10.4 Å². The molecule has 2 nitrogen and oxygen atoms in total. The first-order valence-corrected chi connectivity index (χ1v) is 11.6. The van der Waals surface area contributed by atoms with E-state index in [1.54, 1.807) is 6.82 Å². The van der Waals surface area contributed by atoms with Gasteiger partial charge in [0.15, 0.2) is 0 Å². The smallest absolute Gasteiger partial charge is 0.320 e. The average molecular weight is 439 g/mol. The van der Waals surface area contributed by atoms with Gasteiger partial charge in [0, 0.05) is 17.1 Å². The first-order valence-electron chi connectivity index (χ1n) is 11.6. The number of rotatable bonds is 6. The molecule has 0 saturated heterocycles. The van der Waals surface area contributed by atoms with Gasteiger partial charge in [-0.05, 0) is 64.1 Å². The minimum absolute atomic E-state index is 0.488. The van der Waals surface area contributed by atoms with Crippen LogP contribution in [-0.2, 0) is 0 Å². The maximum absolute atomic E-state index is 9.95. The molecule has 164 valence electrons. The van der Waals surface area contributed by atoms with Crippen molar-refractivity contribution < 1.29 is 5.02 Å². The van der Waals surface area contributed by atoms with Crippen molar-refractivity contribution in [3.63, 3.8) is 0 Å². The van der Waals surface area contributed by atoms with Crippen LogP contribution in [0.25, 0.3) is 22.3 Å². The predicted molar refractivity (Wildman–Crippen MR) is 145 cm³/mol. The van der Waals surface area contributed by atoms with E-state index in [1.165, 1.54) is 22.3 Å². The van der Waals surface area contributed by atoms with Crippen LogP contribution in [0.2, 0.25) is 6.82 Å². The fourth-order valence-corrected chi connectivity index (χ4v) is 4.22. The lowest BCUT2D eigenvalue weighted by atomic mass is 9.64. The summed E-state index contributed by atoms with van der Waals surface area (Å²) in [5, 5.41) is 9.95. The van der Waals surface area contributed by atoms with Gasteiger partial charge in [-0.15, -0.1) is 0 Å². The number of nitrogens with zero attached hydrogens (tertiary/aromatic N) is 1. The molecule has 0 bridgehead atoms. The highest BCUT2D eigenvalue weighted by molar-refractivity contribution is 6.64. The third-order valence-electron chi connectivity index (χ3n) is 6.10. The molecule has 34 heavy (non-hydrogen) atoms. The average Bonchev–Trinajstić information content (AvgIpc) is 2.91. The van der Waals surface area contributed by atoms with Crippen molar-refractivity contribution in [2.75, 3.05) is 4.90 Å². The third-order valence-corrected chi connectivity index (χ3v) is 6.10. The zero-order valence-corrected chi connectivity index (χ0v) is 19.2. The highest BCUT2D eigenvalue weighted by Gasteiger charge is 2.14. The van der Waals surface area contributed by atoms with Crippen molar-refractivity contribution in [1.29, 1.82) is 0 Å². The van der Waals surface area contributed by atoms with Crippen LogP contribution in [0.3, 0.4) is 0 Å². The van der Waals surface area contributed by atoms with Gasteiger partial charge in [-0.25, -0.2) is 0 Å². The Labute approximate surface area is 201 Å². The highest BCUT2D eigenvalue weighted by atomic mass is 16.2. The van der Waals surface area contributed by atoms with Crippen molar-refractivity contribution in [2.24, 2.45) is 0 Å². The second-order valence-electron chi connectivity index (χ2n) is 8.43. The van der Waals surface area contributed by atoms with Gasteiger partial charge in [0.1, 0.15) is 0 Å². The molecule has 0 radical (unpaired) electrons. The number of hydrogen-bond acceptors (Lipinski definition) is 2. The van der Waals surface area contributed by atoms with Crippen LogP contribution in [0, 0.1) is 0 Å². The van der Waals surface area contributed by atoms with Crippen LogP contribution in [0.4, 0.5) is 17.1 Å². The third kappa shape index (κ3) is 4.66. The summed E-state index contributed by atoms with van der Waals surface area (Å²) in [6.45, 7) is 1.30. The number of anilines is 3. The second-order valence-corrected chi connectivity index (χ2v) is 8.43. The molecule has 0 spiro atoms. The molecule has 0 saturated carbocycles. The van der Waals surface area contributed by atoms with Crippen molar-refractivity contribution >= 4 is 29.4 Å². The Hall–Kier alpha value is -4.08. The Morgan fingerprint density at radius 3 is 1.12 bits per heavy atom. The van der Waals surface area contributed by atoms with Crippen molar-refractivity contribution in [2.45, 2.75) is 6.82 Å². The number of benzene rings is 5. The van der Waals surface area contributed by atoms with Crippen molar-refractivity contribution in [3.8, 4) is 22.3 Å². The summed E-state index contributed by atoms with van der Waals surface area (Å²) < 4.78 is 0. The van der Waals surface area contributed by atoms with E-state index in [-0.39, 0.29) is 0 Å². The molecule has 0 aromatic heterocycles. The summed E-state index contributed by atoms with van der Waals surface area (Å²) in [6.07, 6.45) is 0. The summed E-state index contributed by atoms with van der Waals surface area (Å²) in [5.74, 6) is 0. The Morgan fingerprint density at radius 1 is 0.441 bits per heavy atom. The molecule has 5 aromatic rings. The SMILES string of the molecule is CB(O)c1ccc(N(c2ccc(-c3ccccc3)cc2)c2ccc(-c3ccccc3)cc2)cc1. The van der Waals surface area contributed by atoms with Crippen LogP contribution in [0.1, 0.15) is 0 Å². The standard InChI is InChI=1S/C31H26BNO/c1-32(34)28-16-22-31(23-17-28)33(29-18-12-26(13-19-29)24-8-4-2-5-9-24)30-20-14-27(15-21-30)25-10-6-3-7-11-25/h2-23,34H,1H3. The topological polar surface area (TPSA) is 23.5 Å². The monoisotopic (exact) mass is 439 g/mol. The van der Waals surface area contributed by atoms with E-state index in [9.17, 15) is 5.02 Å². The van der Waals surface area contributed by atoms with Crippen LogP contribution in [0.5, 0.6) is 0 Å². The first kappa shape index (κ1) is 21.8. The van der Waals surface area contributed by atoms with Gasteiger partial charge in [-0.1, -0.05) is 104 Å². The normalized spacial score (nSPS) is 10.6. The zero-order chi connectivity index (χ0) is 23.3. The van der Waals surface area contributed by atoms with Crippen molar-refractivity contribution in [3.05, 3.63) is 133 Å². The Bertz CT molecular complexity index is 1250. The molecule has 0 aliphatic rings. The minimum Gasteiger partial charge on any atom is -0.447 e. The van der Waals surface area contributed by atoms with Gasteiger partial charge in [0.25, 0.3) is 0 Å². The molecule has 3 heteroatoms. The largest absolute Gasteiger partial charge is 0.447 e. The zero-order valence-electron chi connectivity index (χ0n) is 19.2. The molecule has 5 rings (SSSR count). The van der Waals surface area contributed by atoms with Gasteiger partial charge in [0.2, 0.25) is 0 Å². The molecule has 1 N–H and O–H groups in total. The summed E-state index contributed by atoms with van der Waals surface area (Å²) >= 11 is 0. The van der Waals surface area contributed by atoms with Gasteiger partial charge >= 0.3 is 6.92 Å². The van der Waals surface area contributed by atoms with Gasteiger partial charge in [-0.3, -0.25) is 0 Å². The summed E-state index contributed by atoms with van der Waals surface area (Å²) in [7, 11) is 0. The summed E-state index contributed by atoms with van der Waals surface area (Å²) in [6, 6.07) is 46.3. The van der Waals surface area contributed by atoms with Crippen LogP contribution in [-0.4, -0.2) is 11.9 Å². The van der Waals surface area contributed by atoms with Gasteiger partial charge in [0.05, 0.1) is 0 Å². The van der Waals surface area contributed by atoms with Gasteiger partial charge < -0.3 is 9.92 Å². The molecular weight excluding hydrogens is 413 g/mol. The molecule has 0 atom stereocenters. The Morgan fingerprint density at radius 2 is 0.765 bits per heavy atom. The van der Waals surface area contributed by atoms with E-state index in [2.05, 4.69) is 114 Å². The quantitative estimate of drug-likeness (QED) is 0.281. The Balaban J connectivity index is 1.53. The van der Waals surface area contributed by atoms with Crippen LogP contribution in [0.15, 0.2) is 133 Å². The number of hydrogen-bond donors (Lipinski definition) is 1. The summed E-state index contributed by atoms with van der Waals surface area (Å²) in [4.78, 5) is 2.25. The van der Waals surface area contributed by atoms with Crippen molar-refractivity contribution in [1.82, 2.24) is 0 Å². The molecule has 0 aliphatic carbocycles. The van der Waals surface area contributed by atoms with E-state index in [0.29, 0.717) is 0 Å². The Kier molecular flexibility index (Phi) is 6.28. The highest BCUT2D eigenvalue weighted by Crippen LogP contribution is 2.36. The van der Waals surface area contributed by atoms with E-state index >= 15 is 0 Å². The lowest BCUT2D eigenvalue weighted by Gasteiger charge is -2.26. The predicted octanol–water partition coefficient (Wildman–Crippen LogP) is 7.31. The maximum Gasteiger partial charge on any atom is 0.320 e. The van der Waals surface area contributed by atoms with E-state index in [4.69, 9.17) is 0 Å². The molecule has 5 aromatic carbocycles. The van der Waals surface area contributed by atoms with E-state index in [0.717, 1.165) is 22.5 Å².